The molecule has 1 aromatic carbocycles. The summed E-state index contributed by atoms with van der Waals surface area (Å²) < 4.78 is 22.9. The zero-order valence-electron chi connectivity index (χ0n) is 9.45. The minimum atomic E-state index is -3.20. The van der Waals surface area contributed by atoms with Crippen molar-refractivity contribution in [3.63, 3.8) is 0 Å². The van der Waals surface area contributed by atoms with Crippen molar-refractivity contribution in [2.24, 2.45) is 0 Å². The van der Waals surface area contributed by atoms with E-state index in [0.29, 0.717) is 11.5 Å². The summed E-state index contributed by atoms with van der Waals surface area (Å²) in [6, 6.07) is 8.95. The molecule has 0 spiro atoms. The summed E-state index contributed by atoms with van der Waals surface area (Å²) in [5, 5.41) is 0. The standard InChI is InChI=1S/C12H15O3PS/c1-3-10-14-16(13,17-11-4-2)15-12-8-6-5-7-9-12/h3-9H,1-2,10-11H2. The van der Waals surface area contributed by atoms with Crippen molar-refractivity contribution in [2.75, 3.05) is 12.4 Å². The topological polar surface area (TPSA) is 35.5 Å². The first-order valence-corrected chi connectivity index (χ1v) is 8.19. The molecule has 0 aliphatic carbocycles. The van der Waals surface area contributed by atoms with Crippen LogP contribution in [0.25, 0.3) is 0 Å². The van der Waals surface area contributed by atoms with Gasteiger partial charge in [0.05, 0.1) is 6.61 Å². The molecule has 1 atom stereocenters. The highest BCUT2D eigenvalue weighted by Crippen LogP contribution is 2.59. The second kappa shape index (κ2) is 7.38. The molecule has 1 rings (SSSR count). The summed E-state index contributed by atoms with van der Waals surface area (Å²) in [7, 11) is 0. The molecule has 3 nitrogen and oxygen atoms in total. The molecular weight excluding hydrogens is 255 g/mol. The van der Waals surface area contributed by atoms with Crippen molar-refractivity contribution in [3.8, 4) is 5.75 Å². The van der Waals surface area contributed by atoms with E-state index in [1.54, 1.807) is 18.2 Å². The van der Waals surface area contributed by atoms with Crippen molar-refractivity contribution in [1.29, 1.82) is 0 Å². The zero-order valence-corrected chi connectivity index (χ0v) is 11.2. The van der Waals surface area contributed by atoms with Gasteiger partial charge in [-0.2, -0.15) is 0 Å². The van der Waals surface area contributed by atoms with Gasteiger partial charge in [-0.25, -0.2) is 4.57 Å². The van der Waals surface area contributed by atoms with Crippen molar-refractivity contribution in [1.82, 2.24) is 0 Å². The molecule has 0 amide bonds. The SMILES string of the molecule is C=CCOP(=O)(Oc1ccccc1)SCC=C. The Morgan fingerprint density at radius 1 is 1.24 bits per heavy atom. The van der Waals surface area contributed by atoms with E-state index in [1.165, 1.54) is 6.08 Å². The molecule has 0 heterocycles. The normalized spacial score (nSPS) is 13.6. The second-order valence-electron chi connectivity index (χ2n) is 3.02. The molecule has 0 aliphatic rings. The van der Waals surface area contributed by atoms with E-state index >= 15 is 0 Å². The Hall–Kier alpha value is -0.960. The van der Waals surface area contributed by atoms with Gasteiger partial charge in [0.2, 0.25) is 0 Å². The van der Waals surface area contributed by atoms with Crippen LogP contribution in [-0.4, -0.2) is 12.4 Å². The van der Waals surface area contributed by atoms with Crippen LogP contribution in [0.3, 0.4) is 0 Å². The first-order chi connectivity index (χ1) is 8.20. The van der Waals surface area contributed by atoms with Gasteiger partial charge in [-0.3, -0.25) is 4.52 Å². The molecule has 0 fully saturated rings. The maximum absolute atomic E-state index is 12.3. The molecule has 5 heteroatoms. The molecular formula is C12H15O3PS. The van der Waals surface area contributed by atoms with Crippen LogP contribution in [-0.2, 0) is 9.09 Å². The van der Waals surface area contributed by atoms with Gasteiger partial charge in [0.15, 0.2) is 0 Å². The van der Waals surface area contributed by atoms with Crippen LogP contribution in [0.4, 0.5) is 0 Å². The van der Waals surface area contributed by atoms with Crippen molar-refractivity contribution < 1.29 is 13.6 Å². The van der Waals surface area contributed by atoms with Crippen molar-refractivity contribution >= 4 is 18.2 Å². The van der Waals surface area contributed by atoms with Gasteiger partial charge in [0.25, 0.3) is 0 Å². The molecule has 0 aromatic heterocycles. The van der Waals surface area contributed by atoms with E-state index < -0.39 is 6.80 Å². The predicted molar refractivity (Wildman–Crippen MR) is 73.5 cm³/mol. The zero-order chi connectivity index (χ0) is 12.6. The number of hydrogen-bond acceptors (Lipinski definition) is 4. The van der Waals surface area contributed by atoms with Crippen LogP contribution < -0.4 is 4.52 Å². The number of benzene rings is 1. The van der Waals surface area contributed by atoms with E-state index in [1.807, 2.05) is 18.2 Å². The van der Waals surface area contributed by atoms with E-state index in [-0.39, 0.29) is 6.61 Å². The van der Waals surface area contributed by atoms with Crippen molar-refractivity contribution in [2.45, 2.75) is 0 Å². The molecule has 0 N–H and O–H groups in total. The molecule has 1 unspecified atom stereocenters. The average molecular weight is 270 g/mol. The van der Waals surface area contributed by atoms with E-state index in [0.717, 1.165) is 11.4 Å². The Bertz CT molecular complexity index is 389. The Balaban J connectivity index is 2.72. The number of rotatable bonds is 8. The monoisotopic (exact) mass is 270 g/mol. The summed E-state index contributed by atoms with van der Waals surface area (Å²) in [6.07, 6.45) is 3.19. The summed E-state index contributed by atoms with van der Waals surface area (Å²) in [5.74, 6) is 1.03. The molecule has 17 heavy (non-hydrogen) atoms. The maximum Gasteiger partial charge on any atom is 0.440 e. The first kappa shape index (κ1) is 14.1. The fourth-order valence-corrected chi connectivity index (χ4v) is 3.81. The number of hydrogen-bond donors (Lipinski definition) is 0. The third-order valence-corrected chi connectivity index (χ3v) is 5.20. The highest BCUT2D eigenvalue weighted by atomic mass is 32.7. The van der Waals surface area contributed by atoms with E-state index in [9.17, 15) is 4.57 Å². The lowest BCUT2D eigenvalue weighted by Crippen LogP contribution is -1.96. The van der Waals surface area contributed by atoms with Gasteiger partial charge in [-0.1, -0.05) is 30.4 Å². The van der Waals surface area contributed by atoms with E-state index in [2.05, 4.69) is 13.2 Å². The summed E-state index contributed by atoms with van der Waals surface area (Å²) >= 11 is 1.10. The van der Waals surface area contributed by atoms with Crippen LogP contribution in [0.2, 0.25) is 0 Å². The summed E-state index contributed by atoms with van der Waals surface area (Å²) in [4.78, 5) is 0. The lowest BCUT2D eigenvalue weighted by atomic mass is 10.3. The Morgan fingerprint density at radius 3 is 2.53 bits per heavy atom. The first-order valence-electron chi connectivity index (χ1n) is 5.06. The lowest BCUT2D eigenvalue weighted by Gasteiger charge is -2.16. The number of para-hydroxylation sites is 1. The summed E-state index contributed by atoms with van der Waals surface area (Å²) in [5.41, 5.74) is 0. The summed E-state index contributed by atoms with van der Waals surface area (Å²) in [6.45, 7) is 4.09. The Morgan fingerprint density at radius 2 is 1.94 bits per heavy atom. The molecule has 0 saturated heterocycles. The third kappa shape index (κ3) is 5.26. The molecule has 0 bridgehead atoms. The van der Waals surface area contributed by atoms with Crippen LogP contribution in [0, 0.1) is 0 Å². The predicted octanol–water partition coefficient (Wildman–Crippen LogP) is 4.30. The van der Waals surface area contributed by atoms with Crippen LogP contribution in [0.5, 0.6) is 5.75 Å². The minimum Gasteiger partial charge on any atom is -0.417 e. The highest BCUT2D eigenvalue weighted by molar-refractivity contribution is 8.55. The third-order valence-electron chi connectivity index (χ3n) is 1.66. The molecule has 0 radical (unpaired) electrons. The van der Waals surface area contributed by atoms with Gasteiger partial charge < -0.3 is 4.52 Å². The highest BCUT2D eigenvalue weighted by Gasteiger charge is 2.26. The van der Waals surface area contributed by atoms with Gasteiger partial charge in [0, 0.05) is 5.75 Å². The molecule has 1 aromatic rings. The fraction of sp³-hybridized carbons (Fsp3) is 0.167. The fourth-order valence-electron chi connectivity index (χ4n) is 0.988. The maximum atomic E-state index is 12.3. The Labute approximate surface area is 106 Å². The lowest BCUT2D eigenvalue weighted by molar-refractivity contribution is 0.311. The largest absolute Gasteiger partial charge is 0.440 e. The Kier molecular flexibility index (Phi) is 6.12. The molecule has 0 aliphatic heterocycles. The second-order valence-corrected chi connectivity index (χ2v) is 7.06. The molecule has 92 valence electrons. The quantitative estimate of drug-likeness (QED) is 0.521. The van der Waals surface area contributed by atoms with Crippen LogP contribution >= 0.6 is 18.2 Å². The minimum absolute atomic E-state index is 0.189. The molecule has 0 saturated carbocycles. The average Bonchev–Trinajstić information content (AvgIpc) is 2.35. The van der Waals surface area contributed by atoms with Gasteiger partial charge >= 0.3 is 6.80 Å². The van der Waals surface area contributed by atoms with Gasteiger partial charge in [0.1, 0.15) is 5.75 Å². The van der Waals surface area contributed by atoms with Crippen LogP contribution in [0.15, 0.2) is 55.6 Å². The van der Waals surface area contributed by atoms with Crippen molar-refractivity contribution in [3.05, 3.63) is 55.6 Å². The smallest absolute Gasteiger partial charge is 0.417 e. The van der Waals surface area contributed by atoms with Crippen LogP contribution in [0.1, 0.15) is 0 Å². The van der Waals surface area contributed by atoms with E-state index in [4.69, 9.17) is 9.05 Å². The van der Waals surface area contributed by atoms with Gasteiger partial charge in [-0.15, -0.1) is 13.2 Å². The van der Waals surface area contributed by atoms with Gasteiger partial charge in [-0.05, 0) is 23.5 Å².